The first kappa shape index (κ1) is 16.3. The monoisotopic (exact) mass is 346 g/mol. The highest BCUT2D eigenvalue weighted by Gasteiger charge is 2.49. The zero-order valence-corrected chi connectivity index (χ0v) is 14.5. The van der Waals surface area contributed by atoms with Crippen LogP contribution in [-0.2, 0) is 0 Å². The predicted molar refractivity (Wildman–Crippen MR) is 101 cm³/mol. The standard InChI is InChI=1S/C21H18N2O3/c1-23(2)17-13-7-11-14-10-6-12-16(18(14)17)20(23)19(22(25)26)21(24)15-8-4-3-5-9-15/h3-13,20H,1-2H3/b21-19+/t20-/m0/s1. The van der Waals surface area contributed by atoms with E-state index in [4.69, 9.17) is 0 Å². The Kier molecular flexibility index (Phi) is 3.56. The zero-order valence-electron chi connectivity index (χ0n) is 14.5. The summed E-state index contributed by atoms with van der Waals surface area (Å²) in [6.45, 7) is 0. The summed E-state index contributed by atoms with van der Waals surface area (Å²) in [7, 11) is 3.84. The zero-order chi connectivity index (χ0) is 18.5. The van der Waals surface area contributed by atoms with Gasteiger partial charge in [0.2, 0.25) is 6.04 Å². The van der Waals surface area contributed by atoms with Crippen molar-refractivity contribution < 1.29 is 10.0 Å². The Morgan fingerprint density at radius 1 is 0.962 bits per heavy atom. The Morgan fingerprint density at radius 3 is 2.27 bits per heavy atom. The van der Waals surface area contributed by atoms with E-state index < -0.39 is 16.7 Å². The van der Waals surface area contributed by atoms with Gasteiger partial charge in [0.25, 0.3) is 0 Å². The summed E-state index contributed by atoms with van der Waals surface area (Å²) in [5.74, 6) is -0.531. The van der Waals surface area contributed by atoms with Crippen molar-refractivity contribution in [3.8, 4) is 0 Å². The lowest BCUT2D eigenvalue weighted by atomic mass is 9.98. The van der Waals surface area contributed by atoms with Crippen molar-refractivity contribution in [2.45, 2.75) is 6.04 Å². The summed E-state index contributed by atoms with van der Waals surface area (Å²) >= 11 is 0. The molecule has 3 aromatic rings. The first-order chi connectivity index (χ1) is 12.4. The van der Waals surface area contributed by atoms with Gasteiger partial charge in [-0.2, -0.15) is 0 Å². The SMILES string of the molecule is C[N+]1(C)c2cccc3cccc(c23)[C@H]1/C(=C(\[O-])c1ccccc1)[N+](=O)[O-]. The van der Waals surface area contributed by atoms with E-state index in [9.17, 15) is 15.2 Å². The fourth-order valence-electron chi connectivity index (χ4n) is 4.04. The van der Waals surface area contributed by atoms with Gasteiger partial charge in [-0.05, 0) is 22.8 Å². The van der Waals surface area contributed by atoms with Gasteiger partial charge in [-0.1, -0.05) is 60.7 Å². The van der Waals surface area contributed by atoms with Crippen LogP contribution in [0.15, 0.2) is 72.4 Å². The van der Waals surface area contributed by atoms with Crippen molar-refractivity contribution in [3.63, 3.8) is 0 Å². The van der Waals surface area contributed by atoms with Crippen molar-refractivity contribution in [3.05, 3.63) is 93.7 Å². The van der Waals surface area contributed by atoms with Crippen molar-refractivity contribution in [2.75, 3.05) is 14.1 Å². The predicted octanol–water partition coefficient (Wildman–Crippen LogP) is 3.47. The highest BCUT2D eigenvalue weighted by atomic mass is 16.6. The highest BCUT2D eigenvalue weighted by molar-refractivity contribution is 5.99. The summed E-state index contributed by atoms with van der Waals surface area (Å²) < 4.78 is 0.242. The van der Waals surface area contributed by atoms with Crippen molar-refractivity contribution in [1.29, 1.82) is 0 Å². The third-order valence-corrected chi connectivity index (χ3v) is 5.20. The Labute approximate surface area is 151 Å². The van der Waals surface area contributed by atoms with Crippen molar-refractivity contribution >= 4 is 22.2 Å². The van der Waals surface area contributed by atoms with Gasteiger partial charge in [-0.3, -0.25) is 14.6 Å². The van der Waals surface area contributed by atoms with Crippen LogP contribution in [0.2, 0.25) is 0 Å². The Morgan fingerprint density at radius 2 is 1.62 bits per heavy atom. The molecule has 0 N–H and O–H groups in total. The molecule has 5 nitrogen and oxygen atoms in total. The molecule has 26 heavy (non-hydrogen) atoms. The summed E-state index contributed by atoms with van der Waals surface area (Å²) in [6.07, 6.45) is 0. The van der Waals surface area contributed by atoms with Crippen LogP contribution in [0, 0.1) is 10.1 Å². The molecule has 130 valence electrons. The molecule has 1 aliphatic rings. The fourth-order valence-corrected chi connectivity index (χ4v) is 4.04. The van der Waals surface area contributed by atoms with Crippen LogP contribution in [0.4, 0.5) is 5.69 Å². The van der Waals surface area contributed by atoms with Gasteiger partial charge >= 0.3 is 5.70 Å². The minimum absolute atomic E-state index is 0.242. The smallest absolute Gasteiger partial charge is 0.301 e. The molecule has 0 saturated carbocycles. The number of nitro groups is 1. The second-order valence-corrected chi connectivity index (χ2v) is 7.00. The van der Waals surface area contributed by atoms with E-state index in [0.717, 1.165) is 22.0 Å². The van der Waals surface area contributed by atoms with Gasteiger partial charge in [0.15, 0.2) is 0 Å². The number of nitrogens with zero attached hydrogens (tertiary/aromatic N) is 2. The number of hydrogen-bond donors (Lipinski definition) is 0. The summed E-state index contributed by atoms with van der Waals surface area (Å²) in [5.41, 5.74) is 1.87. The molecule has 4 rings (SSSR count). The maximum Gasteiger partial charge on any atom is 0.301 e. The molecule has 0 aliphatic carbocycles. The van der Waals surface area contributed by atoms with E-state index in [-0.39, 0.29) is 10.2 Å². The molecule has 1 heterocycles. The van der Waals surface area contributed by atoms with Gasteiger partial charge in [0.05, 0.1) is 24.4 Å². The lowest BCUT2D eigenvalue weighted by Gasteiger charge is -2.32. The molecule has 0 amide bonds. The van der Waals surface area contributed by atoms with E-state index in [0.29, 0.717) is 5.56 Å². The average molecular weight is 346 g/mol. The Hall–Kier alpha value is -3.18. The molecule has 0 radical (unpaired) electrons. The normalized spacial score (nSPS) is 18.6. The van der Waals surface area contributed by atoms with Crippen LogP contribution in [-0.4, -0.2) is 19.0 Å². The third kappa shape index (κ3) is 2.21. The molecule has 1 atom stereocenters. The molecule has 3 aromatic carbocycles. The molecule has 0 bridgehead atoms. The molecule has 1 aliphatic heterocycles. The van der Waals surface area contributed by atoms with Gasteiger partial charge in [0, 0.05) is 5.56 Å². The summed E-state index contributed by atoms with van der Waals surface area (Å²) in [6, 6.07) is 19.5. The molecular formula is C21H18N2O3. The second kappa shape index (κ2) is 5.68. The Bertz CT molecular complexity index is 1050. The van der Waals surface area contributed by atoms with E-state index in [1.165, 1.54) is 0 Å². The summed E-state index contributed by atoms with van der Waals surface area (Å²) in [5, 5.41) is 27.1. The lowest BCUT2D eigenvalue weighted by Crippen LogP contribution is -2.44. The van der Waals surface area contributed by atoms with Crippen LogP contribution in [0.3, 0.4) is 0 Å². The number of quaternary nitrogens is 1. The topological polar surface area (TPSA) is 66.2 Å². The molecule has 0 fully saturated rings. The molecule has 0 saturated heterocycles. The van der Waals surface area contributed by atoms with Gasteiger partial charge in [-0.25, -0.2) is 0 Å². The average Bonchev–Trinajstić information content (AvgIpc) is 2.86. The summed E-state index contributed by atoms with van der Waals surface area (Å²) in [4.78, 5) is 11.5. The van der Waals surface area contributed by atoms with E-state index in [1.54, 1.807) is 30.3 Å². The van der Waals surface area contributed by atoms with Crippen LogP contribution in [0.5, 0.6) is 0 Å². The Balaban J connectivity index is 2.03. The van der Waals surface area contributed by atoms with E-state index in [2.05, 4.69) is 0 Å². The van der Waals surface area contributed by atoms with Crippen LogP contribution in [0.1, 0.15) is 17.2 Å². The lowest BCUT2D eigenvalue weighted by molar-refractivity contribution is -0.440. The minimum Gasteiger partial charge on any atom is -0.868 e. The maximum atomic E-state index is 13.0. The van der Waals surface area contributed by atoms with E-state index in [1.807, 2.05) is 50.5 Å². The van der Waals surface area contributed by atoms with Gasteiger partial charge < -0.3 is 5.11 Å². The number of benzene rings is 3. The third-order valence-electron chi connectivity index (χ3n) is 5.20. The first-order valence-corrected chi connectivity index (χ1v) is 8.40. The van der Waals surface area contributed by atoms with Gasteiger partial charge in [-0.15, -0.1) is 0 Å². The number of rotatable bonds is 3. The van der Waals surface area contributed by atoms with E-state index >= 15 is 0 Å². The fraction of sp³-hybridized carbons (Fsp3) is 0.143. The van der Waals surface area contributed by atoms with Crippen LogP contribution in [0.25, 0.3) is 16.5 Å². The van der Waals surface area contributed by atoms with Crippen molar-refractivity contribution in [2.24, 2.45) is 0 Å². The first-order valence-electron chi connectivity index (χ1n) is 8.40. The molecular weight excluding hydrogens is 328 g/mol. The van der Waals surface area contributed by atoms with Crippen LogP contribution >= 0.6 is 0 Å². The van der Waals surface area contributed by atoms with Crippen LogP contribution < -0.4 is 9.59 Å². The van der Waals surface area contributed by atoms with Gasteiger partial charge in [0.1, 0.15) is 5.69 Å². The van der Waals surface area contributed by atoms with Crippen molar-refractivity contribution in [1.82, 2.24) is 4.48 Å². The number of likely N-dealkylation sites (N-methyl/N-ethyl adjacent to an activating group) is 1. The molecule has 0 spiro atoms. The highest BCUT2D eigenvalue weighted by Crippen LogP contribution is 2.50. The quantitative estimate of drug-likeness (QED) is 0.316. The molecule has 5 heteroatoms. The maximum absolute atomic E-state index is 13.0. The largest absolute Gasteiger partial charge is 0.868 e. The molecule has 0 aromatic heterocycles. The minimum atomic E-state index is -0.654. The molecule has 0 unspecified atom stereocenters. The number of hydrogen-bond acceptors (Lipinski definition) is 3. The second-order valence-electron chi connectivity index (χ2n) is 7.00.